The van der Waals surface area contributed by atoms with Gasteiger partial charge < -0.3 is 30.6 Å². The summed E-state index contributed by atoms with van der Waals surface area (Å²) in [5, 5.41) is 76.3. The van der Waals surface area contributed by atoms with Crippen molar-refractivity contribution in [2.45, 2.75) is 71.1 Å². The van der Waals surface area contributed by atoms with Crippen molar-refractivity contribution in [2.24, 2.45) is 0 Å². The fourth-order valence-electron chi connectivity index (χ4n) is 12.8. The number of hydrogen-bond acceptors (Lipinski definition) is 6. The molecule has 4 atom stereocenters. The van der Waals surface area contributed by atoms with E-state index in [4.69, 9.17) is 0 Å². The van der Waals surface area contributed by atoms with E-state index in [1.165, 1.54) is 0 Å². The lowest BCUT2D eigenvalue weighted by Crippen LogP contribution is -2.13. The van der Waals surface area contributed by atoms with Crippen LogP contribution in [0.25, 0.3) is 0 Å². The standard InChI is InChI=1S/C77H68O6/c1-46-32-34-67(78)57(36-46)69(52-22-12-7-13-23-52)59-38-48(3)40-61(74(59)80)71(54-26-16-9-17-27-54)63-42-50(5)44-65(76(63)82)73(56-30-20-11-21-31-56)66-45-51(6)43-64(77(66)83)72(55-28-18-10-19-29-55)62-41-49(4)39-60(75(62)81)70(53-24-14-8-15-25-53)58-37-47(2)33-35-68(58)79/h7-45,69-73,78-83H,1-6H3. The van der Waals surface area contributed by atoms with Gasteiger partial charge in [-0.25, -0.2) is 0 Å². The van der Waals surface area contributed by atoms with E-state index in [1.807, 2.05) is 266 Å². The van der Waals surface area contributed by atoms with Crippen molar-refractivity contribution in [3.05, 3.63) is 353 Å². The second kappa shape index (κ2) is 23.4. The van der Waals surface area contributed by atoms with Gasteiger partial charge in [-0.2, -0.15) is 0 Å². The molecule has 6 nitrogen and oxygen atoms in total. The Kier molecular flexibility index (Phi) is 15.5. The van der Waals surface area contributed by atoms with Crippen LogP contribution in [0.2, 0.25) is 0 Å². The minimum atomic E-state index is -0.733. The van der Waals surface area contributed by atoms with E-state index in [-0.39, 0.29) is 34.5 Å². The summed E-state index contributed by atoms with van der Waals surface area (Å²) in [4.78, 5) is 0. The third-order valence-corrected chi connectivity index (χ3v) is 16.4. The molecule has 412 valence electrons. The number of phenolic OH excluding ortho intramolecular Hbond substituents is 6. The maximum atomic E-state index is 13.5. The second-order valence-electron chi connectivity index (χ2n) is 22.5. The van der Waals surface area contributed by atoms with Gasteiger partial charge in [0.2, 0.25) is 0 Å². The normalized spacial score (nSPS) is 13.2. The Morgan fingerprint density at radius 1 is 0.193 bits per heavy atom. The molecule has 0 saturated carbocycles. The van der Waals surface area contributed by atoms with E-state index < -0.39 is 29.6 Å². The highest BCUT2D eigenvalue weighted by Gasteiger charge is 2.35. The van der Waals surface area contributed by atoms with Crippen molar-refractivity contribution in [1.29, 1.82) is 0 Å². The molecule has 83 heavy (non-hydrogen) atoms. The third kappa shape index (κ3) is 11.0. The van der Waals surface area contributed by atoms with Gasteiger partial charge in [0.05, 0.1) is 0 Å². The molecule has 11 aromatic carbocycles. The summed E-state index contributed by atoms with van der Waals surface area (Å²) in [6.07, 6.45) is 0. The Hall–Kier alpha value is -9.78. The first-order valence-corrected chi connectivity index (χ1v) is 28.3. The Morgan fingerprint density at radius 2 is 0.361 bits per heavy atom. The van der Waals surface area contributed by atoms with Crippen LogP contribution in [0.15, 0.2) is 237 Å². The molecule has 0 amide bonds. The predicted octanol–water partition coefficient (Wildman–Crippen LogP) is 17.7. The van der Waals surface area contributed by atoms with Gasteiger partial charge in [-0.05, 0) is 81.5 Å². The van der Waals surface area contributed by atoms with Crippen LogP contribution in [0.1, 0.15) is 146 Å². The molecule has 6 N–H and O–H groups in total. The lowest BCUT2D eigenvalue weighted by Gasteiger charge is -2.30. The summed E-state index contributed by atoms with van der Waals surface area (Å²) in [6, 6.07) is 76.6. The van der Waals surface area contributed by atoms with Crippen LogP contribution >= 0.6 is 0 Å². The van der Waals surface area contributed by atoms with Crippen molar-refractivity contribution >= 4 is 0 Å². The van der Waals surface area contributed by atoms with E-state index in [9.17, 15) is 30.6 Å². The first kappa shape index (κ1) is 55.1. The zero-order chi connectivity index (χ0) is 58.1. The molecule has 11 rings (SSSR count). The molecular formula is C77H68O6. The number of hydrogen-bond donors (Lipinski definition) is 6. The molecule has 0 fully saturated rings. The smallest absolute Gasteiger partial charge is 0.123 e. The van der Waals surface area contributed by atoms with Crippen molar-refractivity contribution in [3.8, 4) is 34.5 Å². The minimum Gasteiger partial charge on any atom is -0.508 e. The lowest BCUT2D eigenvalue weighted by molar-refractivity contribution is 0.444. The minimum absolute atomic E-state index is 0.00564. The largest absolute Gasteiger partial charge is 0.508 e. The van der Waals surface area contributed by atoms with Gasteiger partial charge in [-0.15, -0.1) is 0 Å². The fourth-order valence-corrected chi connectivity index (χ4v) is 12.8. The SMILES string of the molecule is Cc1ccc(O)c(C(c2ccccc2)c2cc(C)cc(C(c3ccccc3)c3cc(C)cc(C(c4ccccc4)c4cc(C)cc(C(c5ccccc5)c5cc(C)cc(C(c6ccccc6)c6cc(C)ccc6O)c5O)c4O)c3O)c2O)c1. The zero-order valence-electron chi connectivity index (χ0n) is 47.6. The highest BCUT2D eigenvalue weighted by atomic mass is 16.3. The predicted molar refractivity (Wildman–Crippen MR) is 334 cm³/mol. The molecule has 0 aliphatic rings. The summed E-state index contributed by atoms with van der Waals surface area (Å²) in [5.74, 6) is -2.89. The molecule has 0 saturated heterocycles. The van der Waals surface area contributed by atoms with Crippen molar-refractivity contribution in [3.63, 3.8) is 0 Å². The molecule has 0 bridgehead atoms. The number of benzene rings is 11. The Morgan fingerprint density at radius 3 is 0.554 bits per heavy atom. The fraction of sp³-hybridized carbons (Fsp3) is 0.143. The molecule has 0 aliphatic heterocycles. The molecule has 0 radical (unpaired) electrons. The van der Waals surface area contributed by atoms with Gasteiger partial charge in [0.1, 0.15) is 34.5 Å². The molecule has 0 heterocycles. The average molecular weight is 1090 g/mol. The molecule has 4 unspecified atom stereocenters. The van der Waals surface area contributed by atoms with Crippen LogP contribution in [0, 0.1) is 41.5 Å². The quantitative estimate of drug-likeness (QED) is 0.0569. The van der Waals surface area contributed by atoms with Crippen molar-refractivity contribution < 1.29 is 30.6 Å². The molecule has 0 aromatic heterocycles. The average Bonchev–Trinajstić information content (AvgIpc) is 3.66. The van der Waals surface area contributed by atoms with Crippen LogP contribution in [0.3, 0.4) is 0 Å². The van der Waals surface area contributed by atoms with E-state index in [0.29, 0.717) is 55.6 Å². The maximum Gasteiger partial charge on any atom is 0.123 e. The third-order valence-electron chi connectivity index (χ3n) is 16.4. The zero-order valence-corrected chi connectivity index (χ0v) is 47.6. The van der Waals surface area contributed by atoms with Crippen LogP contribution in [0.4, 0.5) is 0 Å². The first-order chi connectivity index (χ1) is 40.1. The summed E-state index contributed by atoms with van der Waals surface area (Å²) in [7, 11) is 0. The number of aryl methyl sites for hydroxylation is 6. The summed E-state index contributed by atoms with van der Waals surface area (Å²) in [6.45, 7) is 12.0. The van der Waals surface area contributed by atoms with E-state index in [1.54, 1.807) is 12.1 Å². The van der Waals surface area contributed by atoms with Gasteiger partial charge in [0.25, 0.3) is 0 Å². The first-order valence-electron chi connectivity index (χ1n) is 28.3. The van der Waals surface area contributed by atoms with E-state index in [2.05, 4.69) is 0 Å². The van der Waals surface area contributed by atoms with E-state index in [0.717, 1.165) is 61.2 Å². The lowest BCUT2D eigenvalue weighted by atomic mass is 9.75. The van der Waals surface area contributed by atoms with E-state index >= 15 is 0 Å². The Balaban J connectivity index is 1.13. The van der Waals surface area contributed by atoms with Crippen molar-refractivity contribution in [1.82, 2.24) is 0 Å². The van der Waals surface area contributed by atoms with Crippen molar-refractivity contribution in [2.75, 3.05) is 0 Å². The van der Waals surface area contributed by atoms with Gasteiger partial charge in [-0.3, -0.25) is 0 Å². The van der Waals surface area contributed by atoms with Gasteiger partial charge >= 0.3 is 0 Å². The van der Waals surface area contributed by atoms with Gasteiger partial charge in [0, 0.05) is 85.2 Å². The maximum absolute atomic E-state index is 13.5. The molecule has 0 aliphatic carbocycles. The molecule has 0 spiro atoms. The monoisotopic (exact) mass is 1090 g/mol. The number of rotatable bonds is 15. The molecule has 11 aromatic rings. The summed E-state index contributed by atoms with van der Waals surface area (Å²) >= 11 is 0. The number of phenols is 6. The van der Waals surface area contributed by atoms with Crippen LogP contribution in [0.5, 0.6) is 34.5 Å². The van der Waals surface area contributed by atoms with Gasteiger partial charge in [-0.1, -0.05) is 258 Å². The molecular weight excluding hydrogens is 1020 g/mol. The summed E-state index contributed by atoms with van der Waals surface area (Å²) < 4.78 is 0. The van der Waals surface area contributed by atoms with Crippen LogP contribution in [-0.4, -0.2) is 30.6 Å². The highest BCUT2D eigenvalue weighted by molar-refractivity contribution is 5.67. The highest BCUT2D eigenvalue weighted by Crippen LogP contribution is 2.53. The second-order valence-corrected chi connectivity index (χ2v) is 22.5. The van der Waals surface area contributed by atoms with Crippen LogP contribution < -0.4 is 0 Å². The molecule has 6 heteroatoms. The summed E-state index contributed by atoms with van der Waals surface area (Å²) in [5.41, 5.74) is 15.7. The van der Waals surface area contributed by atoms with Gasteiger partial charge in [0.15, 0.2) is 0 Å². The topological polar surface area (TPSA) is 121 Å². The van der Waals surface area contributed by atoms with Crippen LogP contribution in [-0.2, 0) is 0 Å². The Labute approximate surface area is 487 Å². The Bertz CT molecular complexity index is 3870. The number of aromatic hydroxyl groups is 6.